The summed E-state index contributed by atoms with van der Waals surface area (Å²) in [4.78, 5) is 12.1. The lowest BCUT2D eigenvalue weighted by Crippen LogP contribution is -2.37. The third kappa shape index (κ3) is 6.39. The van der Waals surface area contributed by atoms with Gasteiger partial charge in [-0.3, -0.25) is 4.79 Å². The van der Waals surface area contributed by atoms with E-state index >= 15 is 0 Å². The largest absolute Gasteiger partial charge is 0.471 e. The first-order chi connectivity index (χ1) is 5.84. The van der Waals surface area contributed by atoms with Gasteiger partial charge in [0.2, 0.25) is 0 Å². The summed E-state index contributed by atoms with van der Waals surface area (Å²) >= 11 is 0. The molecule has 0 unspecified atom stereocenters. The zero-order valence-corrected chi connectivity index (χ0v) is 7.61. The maximum atomic E-state index is 11.6. The van der Waals surface area contributed by atoms with Gasteiger partial charge in [-0.05, 0) is 27.1 Å². The molecule has 0 saturated heterocycles. The quantitative estimate of drug-likeness (QED) is 0.671. The first kappa shape index (κ1) is 12.2. The van der Waals surface area contributed by atoms with Gasteiger partial charge in [0.1, 0.15) is 0 Å². The minimum absolute atomic E-state index is 0.0521. The molecule has 3 nitrogen and oxygen atoms in total. The van der Waals surface area contributed by atoms with E-state index in [4.69, 9.17) is 0 Å². The zero-order valence-electron chi connectivity index (χ0n) is 7.61. The van der Waals surface area contributed by atoms with Gasteiger partial charge < -0.3 is 10.2 Å². The molecule has 0 aliphatic carbocycles. The standard InChI is InChI=1S/C7H13F3N2O/c1-12(2)5-3-4-11-6(13)7(8,9)10/h3-5H2,1-2H3,(H,11,13). The molecular formula is C7H13F3N2O. The third-order valence-electron chi connectivity index (χ3n) is 1.33. The van der Waals surface area contributed by atoms with E-state index in [-0.39, 0.29) is 6.54 Å². The predicted molar refractivity (Wildman–Crippen MR) is 42.2 cm³/mol. The van der Waals surface area contributed by atoms with Gasteiger partial charge in [-0.2, -0.15) is 13.2 Å². The van der Waals surface area contributed by atoms with E-state index in [0.717, 1.165) is 0 Å². The van der Waals surface area contributed by atoms with Crippen LogP contribution in [0.4, 0.5) is 13.2 Å². The van der Waals surface area contributed by atoms with Crippen molar-refractivity contribution in [2.75, 3.05) is 27.2 Å². The van der Waals surface area contributed by atoms with Crippen molar-refractivity contribution in [2.45, 2.75) is 12.6 Å². The van der Waals surface area contributed by atoms with Crippen molar-refractivity contribution in [3.8, 4) is 0 Å². The van der Waals surface area contributed by atoms with Crippen LogP contribution in [0.5, 0.6) is 0 Å². The van der Waals surface area contributed by atoms with Crippen LogP contribution in [0.15, 0.2) is 0 Å². The average molecular weight is 198 g/mol. The van der Waals surface area contributed by atoms with Crippen LogP contribution in [0, 0.1) is 0 Å². The normalized spacial score (nSPS) is 11.8. The number of nitrogens with zero attached hydrogens (tertiary/aromatic N) is 1. The highest BCUT2D eigenvalue weighted by molar-refractivity contribution is 5.81. The fourth-order valence-corrected chi connectivity index (χ4v) is 0.697. The molecule has 0 fully saturated rings. The molecule has 0 aromatic rings. The highest BCUT2D eigenvalue weighted by Crippen LogP contribution is 2.13. The van der Waals surface area contributed by atoms with Crippen LogP contribution in [0.2, 0.25) is 0 Å². The molecule has 13 heavy (non-hydrogen) atoms. The van der Waals surface area contributed by atoms with Crippen molar-refractivity contribution in [1.29, 1.82) is 0 Å². The number of hydrogen-bond acceptors (Lipinski definition) is 2. The minimum atomic E-state index is -4.77. The topological polar surface area (TPSA) is 32.3 Å². The number of hydrogen-bond donors (Lipinski definition) is 1. The van der Waals surface area contributed by atoms with Crippen molar-refractivity contribution < 1.29 is 18.0 Å². The maximum Gasteiger partial charge on any atom is 0.471 e. The Morgan fingerprint density at radius 1 is 1.38 bits per heavy atom. The van der Waals surface area contributed by atoms with Gasteiger partial charge in [-0.1, -0.05) is 0 Å². The van der Waals surface area contributed by atoms with E-state index in [2.05, 4.69) is 0 Å². The fourth-order valence-electron chi connectivity index (χ4n) is 0.697. The monoisotopic (exact) mass is 198 g/mol. The molecule has 78 valence electrons. The molecular weight excluding hydrogens is 185 g/mol. The second-order valence-corrected chi connectivity index (χ2v) is 2.91. The lowest BCUT2D eigenvalue weighted by Gasteiger charge is -2.10. The summed E-state index contributed by atoms with van der Waals surface area (Å²) in [6, 6.07) is 0. The summed E-state index contributed by atoms with van der Waals surface area (Å²) in [5.41, 5.74) is 0. The van der Waals surface area contributed by atoms with Gasteiger partial charge in [0, 0.05) is 6.54 Å². The summed E-state index contributed by atoms with van der Waals surface area (Å²) in [5, 5.41) is 1.79. The Morgan fingerprint density at radius 2 is 1.92 bits per heavy atom. The smallest absolute Gasteiger partial charge is 0.348 e. The van der Waals surface area contributed by atoms with Gasteiger partial charge >= 0.3 is 12.1 Å². The second kappa shape index (κ2) is 5.06. The summed E-state index contributed by atoms with van der Waals surface area (Å²) in [5.74, 6) is -1.87. The zero-order chi connectivity index (χ0) is 10.5. The van der Waals surface area contributed by atoms with Crippen molar-refractivity contribution in [3.05, 3.63) is 0 Å². The van der Waals surface area contributed by atoms with Crippen LogP contribution < -0.4 is 5.32 Å². The molecule has 0 radical (unpaired) electrons. The Balaban J connectivity index is 3.49. The Hall–Kier alpha value is -0.780. The molecule has 0 bridgehead atoms. The number of rotatable bonds is 4. The molecule has 6 heteroatoms. The van der Waals surface area contributed by atoms with Crippen LogP contribution >= 0.6 is 0 Å². The number of nitrogens with one attached hydrogen (secondary N) is 1. The SMILES string of the molecule is CN(C)CCCNC(=O)C(F)(F)F. The molecule has 0 aliphatic rings. The van der Waals surface area contributed by atoms with Crippen LogP contribution in [0.3, 0.4) is 0 Å². The highest BCUT2D eigenvalue weighted by Gasteiger charge is 2.38. The molecule has 0 spiro atoms. The Labute approximate surface area is 74.9 Å². The van der Waals surface area contributed by atoms with Crippen LogP contribution in [0.25, 0.3) is 0 Å². The predicted octanol–water partition coefficient (Wildman–Crippen LogP) is 0.617. The van der Waals surface area contributed by atoms with Crippen molar-refractivity contribution in [3.63, 3.8) is 0 Å². The van der Waals surface area contributed by atoms with Crippen LogP contribution in [-0.4, -0.2) is 44.2 Å². The molecule has 0 saturated carbocycles. The lowest BCUT2D eigenvalue weighted by atomic mass is 10.4. The Bertz CT molecular complexity index is 168. The van der Waals surface area contributed by atoms with E-state index in [9.17, 15) is 18.0 Å². The van der Waals surface area contributed by atoms with Gasteiger partial charge in [0.15, 0.2) is 0 Å². The van der Waals surface area contributed by atoms with Gasteiger partial charge in [-0.15, -0.1) is 0 Å². The number of carbonyl (C=O) groups excluding carboxylic acids is 1. The Kier molecular flexibility index (Phi) is 4.76. The molecule has 1 N–H and O–H groups in total. The molecule has 0 aliphatic heterocycles. The number of amides is 1. The first-order valence-electron chi connectivity index (χ1n) is 3.84. The van der Waals surface area contributed by atoms with Crippen LogP contribution in [0.1, 0.15) is 6.42 Å². The van der Waals surface area contributed by atoms with Gasteiger partial charge in [-0.25, -0.2) is 0 Å². The van der Waals surface area contributed by atoms with E-state index in [1.165, 1.54) is 0 Å². The van der Waals surface area contributed by atoms with E-state index in [1.807, 2.05) is 19.0 Å². The fraction of sp³-hybridized carbons (Fsp3) is 0.857. The van der Waals surface area contributed by atoms with Gasteiger partial charge in [0.25, 0.3) is 0 Å². The molecule has 1 amide bonds. The number of halogens is 3. The van der Waals surface area contributed by atoms with Crippen molar-refractivity contribution in [2.24, 2.45) is 0 Å². The van der Waals surface area contributed by atoms with E-state index in [0.29, 0.717) is 13.0 Å². The van der Waals surface area contributed by atoms with Gasteiger partial charge in [0.05, 0.1) is 0 Å². The van der Waals surface area contributed by atoms with Crippen molar-refractivity contribution in [1.82, 2.24) is 10.2 Å². The molecule has 0 aromatic heterocycles. The van der Waals surface area contributed by atoms with Crippen LogP contribution in [-0.2, 0) is 4.79 Å². The highest BCUT2D eigenvalue weighted by atomic mass is 19.4. The summed E-state index contributed by atoms with van der Waals surface area (Å²) in [7, 11) is 3.62. The average Bonchev–Trinajstić information content (AvgIpc) is 1.95. The third-order valence-corrected chi connectivity index (χ3v) is 1.33. The molecule has 0 rings (SSSR count). The first-order valence-corrected chi connectivity index (χ1v) is 3.84. The van der Waals surface area contributed by atoms with E-state index in [1.54, 1.807) is 5.32 Å². The van der Waals surface area contributed by atoms with Crippen molar-refractivity contribution >= 4 is 5.91 Å². The summed E-state index contributed by atoms with van der Waals surface area (Å²) < 4.78 is 34.8. The lowest BCUT2D eigenvalue weighted by molar-refractivity contribution is -0.173. The molecule has 0 atom stereocenters. The molecule has 0 aromatic carbocycles. The number of alkyl halides is 3. The Morgan fingerprint density at radius 3 is 2.31 bits per heavy atom. The molecule has 0 heterocycles. The number of carbonyl (C=O) groups is 1. The minimum Gasteiger partial charge on any atom is -0.348 e. The summed E-state index contributed by atoms with van der Waals surface area (Å²) in [6.45, 7) is 0.703. The van der Waals surface area contributed by atoms with E-state index < -0.39 is 12.1 Å². The maximum absolute atomic E-state index is 11.6. The summed E-state index contributed by atoms with van der Waals surface area (Å²) in [6.07, 6.45) is -4.26. The second-order valence-electron chi connectivity index (χ2n) is 2.91.